The van der Waals surface area contributed by atoms with Crippen LogP contribution in [0, 0.1) is 28.6 Å². The number of nitrogens with zero attached hydrogens (tertiary/aromatic N) is 1. The summed E-state index contributed by atoms with van der Waals surface area (Å²) in [5.74, 6) is -1.49. The van der Waals surface area contributed by atoms with Crippen LogP contribution in [0.4, 0.5) is 13.2 Å². The number of hydrogen-bond acceptors (Lipinski definition) is 5. The van der Waals surface area contributed by atoms with E-state index >= 15 is 0 Å². The lowest BCUT2D eigenvalue weighted by atomic mass is 9.69. The molecule has 4 atom stereocenters. The number of amides is 3. The largest absolute Gasteiger partial charge is 0.401 e. The Kier molecular flexibility index (Phi) is 8.59. The highest BCUT2D eigenvalue weighted by atomic mass is 19.4. The van der Waals surface area contributed by atoms with Gasteiger partial charge in [0.05, 0.1) is 18.7 Å². The first kappa shape index (κ1) is 28.2. The Morgan fingerprint density at radius 3 is 2.22 bits per heavy atom. The summed E-state index contributed by atoms with van der Waals surface area (Å²) in [6.07, 6.45) is 2.38. The number of hydrogen-bond donors (Lipinski definition) is 4. The smallest absolute Gasteiger partial charge is 0.350 e. The molecule has 3 amide bonds. The molecule has 36 heavy (non-hydrogen) atoms. The van der Waals surface area contributed by atoms with Crippen LogP contribution in [0.2, 0.25) is 0 Å². The van der Waals surface area contributed by atoms with Gasteiger partial charge in [-0.2, -0.15) is 18.4 Å². The molecule has 0 unspecified atom stereocenters. The molecule has 11 heteroatoms. The van der Waals surface area contributed by atoms with Gasteiger partial charge < -0.3 is 16.0 Å². The molecule has 0 aromatic heterocycles. The molecule has 3 fully saturated rings. The lowest BCUT2D eigenvalue weighted by molar-refractivity contribution is -0.137. The number of halogens is 3. The minimum Gasteiger partial charge on any atom is -0.350 e. The van der Waals surface area contributed by atoms with Crippen molar-refractivity contribution < 1.29 is 27.6 Å². The van der Waals surface area contributed by atoms with Gasteiger partial charge in [-0.3, -0.25) is 19.7 Å². The Morgan fingerprint density at radius 2 is 1.75 bits per heavy atom. The van der Waals surface area contributed by atoms with Gasteiger partial charge in [-0.15, -0.1) is 0 Å². The van der Waals surface area contributed by atoms with Gasteiger partial charge in [0.15, 0.2) is 0 Å². The van der Waals surface area contributed by atoms with Crippen molar-refractivity contribution >= 4 is 17.7 Å². The van der Waals surface area contributed by atoms with Gasteiger partial charge in [-0.25, -0.2) is 0 Å². The summed E-state index contributed by atoms with van der Waals surface area (Å²) in [7, 11) is 0. The number of rotatable bonds is 10. The van der Waals surface area contributed by atoms with Crippen molar-refractivity contribution in [1.82, 2.24) is 21.3 Å². The molecule has 0 radical (unpaired) electrons. The van der Waals surface area contributed by atoms with Crippen molar-refractivity contribution in [3.8, 4) is 6.07 Å². The Balaban J connectivity index is 1.61. The number of nitrogens with one attached hydrogen (secondary N) is 4. The highest BCUT2D eigenvalue weighted by molar-refractivity contribution is 5.90. The molecule has 1 spiro atoms. The third-order valence-electron chi connectivity index (χ3n) is 7.57. The van der Waals surface area contributed by atoms with Crippen molar-refractivity contribution in [2.24, 2.45) is 17.3 Å². The van der Waals surface area contributed by atoms with Crippen molar-refractivity contribution in [2.45, 2.75) is 108 Å². The fraction of sp³-hybridized carbons (Fsp3) is 0.840. The quantitative estimate of drug-likeness (QED) is 0.358. The number of piperidine rings is 1. The summed E-state index contributed by atoms with van der Waals surface area (Å²) < 4.78 is 38.4. The van der Waals surface area contributed by atoms with E-state index in [1.54, 1.807) is 20.8 Å². The normalized spacial score (nSPS) is 24.0. The van der Waals surface area contributed by atoms with Crippen LogP contribution < -0.4 is 21.3 Å². The van der Waals surface area contributed by atoms with Crippen molar-refractivity contribution in [3.05, 3.63) is 0 Å². The topological polar surface area (TPSA) is 123 Å². The van der Waals surface area contributed by atoms with Gasteiger partial charge in [0, 0.05) is 11.5 Å². The molecule has 0 bridgehead atoms. The van der Waals surface area contributed by atoms with E-state index in [0.717, 1.165) is 38.5 Å². The molecule has 3 rings (SSSR count). The van der Waals surface area contributed by atoms with E-state index in [1.807, 2.05) is 6.07 Å². The maximum absolute atomic E-state index is 13.1. The molecule has 202 valence electrons. The van der Waals surface area contributed by atoms with Crippen molar-refractivity contribution in [3.63, 3.8) is 0 Å². The first-order valence-electron chi connectivity index (χ1n) is 12.8. The first-order valence-corrected chi connectivity index (χ1v) is 12.8. The maximum atomic E-state index is 13.1. The number of carbonyl (C=O) groups excluding carboxylic acids is 3. The third-order valence-corrected chi connectivity index (χ3v) is 7.57. The molecular formula is C25H38F3N5O3. The summed E-state index contributed by atoms with van der Waals surface area (Å²) >= 11 is 0. The molecule has 1 heterocycles. The average molecular weight is 514 g/mol. The molecular weight excluding hydrogens is 475 g/mol. The summed E-state index contributed by atoms with van der Waals surface area (Å²) in [6.45, 7) is 3.60. The van der Waals surface area contributed by atoms with Crippen LogP contribution in [0.1, 0.15) is 78.6 Å². The van der Waals surface area contributed by atoms with Crippen LogP contribution in [0.25, 0.3) is 0 Å². The summed E-state index contributed by atoms with van der Waals surface area (Å²) in [6, 6.07) is -1.02. The molecule has 0 aromatic carbocycles. The van der Waals surface area contributed by atoms with E-state index in [4.69, 9.17) is 0 Å². The van der Waals surface area contributed by atoms with E-state index in [2.05, 4.69) is 21.3 Å². The van der Waals surface area contributed by atoms with Crippen LogP contribution in [0.15, 0.2) is 0 Å². The van der Waals surface area contributed by atoms with Gasteiger partial charge in [0.2, 0.25) is 17.7 Å². The summed E-state index contributed by atoms with van der Waals surface area (Å²) in [5, 5.41) is 20.3. The monoisotopic (exact) mass is 513 g/mol. The van der Waals surface area contributed by atoms with E-state index in [-0.39, 0.29) is 29.7 Å². The fourth-order valence-corrected chi connectivity index (χ4v) is 5.10. The minimum absolute atomic E-state index is 0.0949. The van der Waals surface area contributed by atoms with Gasteiger partial charge in [0.25, 0.3) is 0 Å². The highest BCUT2D eigenvalue weighted by Gasteiger charge is 2.44. The predicted molar refractivity (Wildman–Crippen MR) is 126 cm³/mol. The molecule has 0 aromatic rings. The predicted octanol–water partition coefficient (Wildman–Crippen LogP) is 2.69. The van der Waals surface area contributed by atoms with Crippen LogP contribution >= 0.6 is 0 Å². The lowest BCUT2D eigenvalue weighted by Gasteiger charge is -2.47. The van der Waals surface area contributed by atoms with Gasteiger partial charge >= 0.3 is 6.18 Å². The fourth-order valence-electron chi connectivity index (χ4n) is 5.10. The van der Waals surface area contributed by atoms with E-state index in [0.29, 0.717) is 12.8 Å². The van der Waals surface area contributed by atoms with E-state index in [9.17, 15) is 32.8 Å². The van der Waals surface area contributed by atoms with Crippen LogP contribution in [-0.4, -0.2) is 54.1 Å². The maximum Gasteiger partial charge on any atom is 0.401 e. The second kappa shape index (κ2) is 11.0. The molecule has 1 aliphatic heterocycles. The van der Waals surface area contributed by atoms with E-state index in [1.165, 1.54) is 0 Å². The minimum atomic E-state index is -4.49. The second-order valence-corrected chi connectivity index (χ2v) is 11.8. The summed E-state index contributed by atoms with van der Waals surface area (Å²) in [4.78, 5) is 38.7. The van der Waals surface area contributed by atoms with E-state index < -0.39 is 48.1 Å². The number of alkyl halides is 3. The van der Waals surface area contributed by atoms with Gasteiger partial charge in [0.1, 0.15) is 12.1 Å². The Labute approximate surface area is 210 Å². The molecule has 2 aliphatic carbocycles. The third kappa shape index (κ3) is 7.82. The number of carbonyl (C=O) groups is 3. The molecule has 3 aliphatic rings. The highest BCUT2D eigenvalue weighted by Crippen LogP contribution is 2.40. The zero-order valence-corrected chi connectivity index (χ0v) is 21.3. The average Bonchev–Trinajstić information content (AvgIpc) is 3.55. The Hall–Kier alpha value is -2.35. The van der Waals surface area contributed by atoms with Crippen LogP contribution in [0.3, 0.4) is 0 Å². The molecule has 1 saturated heterocycles. The van der Waals surface area contributed by atoms with Crippen molar-refractivity contribution in [1.29, 1.82) is 5.26 Å². The van der Waals surface area contributed by atoms with Crippen molar-refractivity contribution in [2.75, 3.05) is 6.54 Å². The second-order valence-electron chi connectivity index (χ2n) is 11.8. The Bertz CT molecular complexity index is 872. The summed E-state index contributed by atoms with van der Waals surface area (Å²) in [5.41, 5.74) is -0.931. The first-order chi connectivity index (χ1) is 16.7. The molecule has 2 saturated carbocycles. The number of nitriles is 1. The molecule has 4 N–H and O–H groups in total. The zero-order valence-electron chi connectivity index (χ0n) is 21.3. The lowest BCUT2D eigenvalue weighted by Crippen LogP contribution is -2.59. The van der Waals surface area contributed by atoms with Crippen LogP contribution in [-0.2, 0) is 14.4 Å². The standard InChI is InChI=1S/C25H38F3N5O3/c1-23(2,3)19(30-14-25(26,27)28)22(36)32-18(11-15-5-6-15)21(35)31-17(13-29)12-16-7-10-24(8-4-9-24)33-20(16)34/h15-19,30H,4-12,14H2,1-3H3,(H,31,35)(H,32,36)(H,33,34)/t16-,17-,18-,19+/m0/s1. The molecule has 8 nitrogen and oxygen atoms in total. The van der Waals surface area contributed by atoms with Gasteiger partial charge in [-0.05, 0) is 56.3 Å². The Morgan fingerprint density at radius 1 is 1.08 bits per heavy atom. The van der Waals surface area contributed by atoms with Gasteiger partial charge in [-0.1, -0.05) is 33.6 Å². The SMILES string of the molecule is CC(C)(C)[C@H](NCC(F)(F)F)C(=O)N[C@@H](CC1CC1)C(=O)N[C@H](C#N)C[C@@H]1CCC2(CCC2)NC1=O. The zero-order chi connectivity index (χ0) is 26.7. The van der Waals surface area contributed by atoms with Crippen LogP contribution in [0.5, 0.6) is 0 Å².